The lowest BCUT2D eigenvalue weighted by Gasteiger charge is -2.27. The summed E-state index contributed by atoms with van der Waals surface area (Å²) in [5.41, 5.74) is 1.42. The topological polar surface area (TPSA) is 69.0 Å². The molecule has 1 unspecified atom stereocenters. The molecule has 2 aromatic carbocycles. The first kappa shape index (κ1) is 27.6. The number of aromatic nitrogens is 2. The molecule has 0 bridgehead atoms. The summed E-state index contributed by atoms with van der Waals surface area (Å²) < 4.78 is 19.4. The molecule has 0 aliphatic carbocycles. The van der Waals surface area contributed by atoms with Crippen molar-refractivity contribution in [1.29, 1.82) is 0 Å². The van der Waals surface area contributed by atoms with E-state index in [1.807, 2.05) is 36.1 Å². The Labute approximate surface area is 228 Å². The van der Waals surface area contributed by atoms with Gasteiger partial charge < -0.3 is 19.3 Å². The molecule has 1 aliphatic heterocycles. The quantitative estimate of drug-likeness (QED) is 0.307. The van der Waals surface area contributed by atoms with Crippen LogP contribution in [0.3, 0.4) is 0 Å². The number of hydrogen-bond donors (Lipinski definition) is 1. The number of nitrogens with zero attached hydrogens (tertiary/aromatic N) is 3. The fraction of sp³-hybridized carbons (Fsp3) is 0.464. The Morgan fingerprint density at radius 2 is 1.89 bits per heavy atom. The lowest BCUT2D eigenvalue weighted by Crippen LogP contribution is -2.37. The number of likely N-dealkylation sites (tertiary alicyclic amines) is 1. The second kappa shape index (κ2) is 12.9. The van der Waals surface area contributed by atoms with Crippen molar-refractivity contribution in [2.24, 2.45) is 0 Å². The number of benzene rings is 2. The standard InChI is InChI=1S/C28H35Cl2N3O4/c1-21-17-31-33(18-21)12-4-14-36-26-8-5-22(15-27(26)35-2)19-32-11-3-9-28(34,10-13-32)20-37-23-6-7-24(29)25(30)16-23/h5-8,15-18,34H,3-4,9-14,19-20H2,1-2H3. The number of ether oxygens (including phenoxy) is 3. The SMILES string of the molecule is COc1cc(CN2CCCC(O)(COc3ccc(Cl)c(Cl)c3)CC2)ccc1OCCCn1cc(C)cn1. The molecule has 9 heteroatoms. The Morgan fingerprint density at radius 3 is 2.65 bits per heavy atom. The van der Waals surface area contributed by atoms with E-state index in [1.165, 1.54) is 0 Å². The first-order chi connectivity index (χ1) is 17.8. The zero-order valence-electron chi connectivity index (χ0n) is 21.5. The molecular formula is C28H35Cl2N3O4. The van der Waals surface area contributed by atoms with Crippen molar-refractivity contribution in [3.8, 4) is 17.2 Å². The average Bonchev–Trinajstić information content (AvgIpc) is 3.21. The van der Waals surface area contributed by atoms with E-state index in [1.54, 1.807) is 25.3 Å². The molecule has 1 aliphatic rings. The van der Waals surface area contributed by atoms with E-state index in [2.05, 4.69) is 16.1 Å². The van der Waals surface area contributed by atoms with Crippen LogP contribution in [0.4, 0.5) is 0 Å². The van der Waals surface area contributed by atoms with Gasteiger partial charge in [-0.1, -0.05) is 29.3 Å². The van der Waals surface area contributed by atoms with Crippen molar-refractivity contribution >= 4 is 23.2 Å². The Morgan fingerprint density at radius 1 is 1.03 bits per heavy atom. The second-order valence-corrected chi connectivity index (χ2v) is 10.5. The van der Waals surface area contributed by atoms with Crippen molar-refractivity contribution in [3.05, 3.63) is 70.0 Å². The Balaban J connectivity index is 1.26. The van der Waals surface area contributed by atoms with Crippen molar-refractivity contribution in [1.82, 2.24) is 14.7 Å². The minimum atomic E-state index is -0.884. The van der Waals surface area contributed by atoms with Crippen LogP contribution in [0.1, 0.15) is 36.8 Å². The van der Waals surface area contributed by atoms with Crippen LogP contribution in [0, 0.1) is 6.92 Å². The first-order valence-electron chi connectivity index (χ1n) is 12.6. The van der Waals surface area contributed by atoms with Crippen LogP contribution in [-0.4, -0.2) is 58.8 Å². The molecule has 1 saturated heterocycles. The predicted octanol–water partition coefficient (Wildman–Crippen LogP) is 5.77. The van der Waals surface area contributed by atoms with E-state index in [0.29, 0.717) is 35.2 Å². The highest BCUT2D eigenvalue weighted by Crippen LogP contribution is 2.31. The zero-order valence-corrected chi connectivity index (χ0v) is 23.0. The summed E-state index contributed by atoms with van der Waals surface area (Å²) in [6.07, 6.45) is 6.94. The fourth-order valence-corrected chi connectivity index (χ4v) is 4.80. The maximum absolute atomic E-state index is 11.2. The monoisotopic (exact) mass is 547 g/mol. The highest BCUT2D eigenvalue weighted by Gasteiger charge is 2.31. The molecule has 37 heavy (non-hydrogen) atoms. The van der Waals surface area contributed by atoms with Crippen molar-refractivity contribution in [2.45, 2.75) is 51.3 Å². The molecule has 1 fully saturated rings. The average molecular weight is 549 g/mol. The van der Waals surface area contributed by atoms with Crippen molar-refractivity contribution < 1.29 is 19.3 Å². The largest absolute Gasteiger partial charge is 0.493 e. The van der Waals surface area contributed by atoms with Gasteiger partial charge >= 0.3 is 0 Å². The van der Waals surface area contributed by atoms with Gasteiger partial charge in [-0.2, -0.15) is 5.10 Å². The third-order valence-electron chi connectivity index (χ3n) is 6.59. The summed E-state index contributed by atoms with van der Waals surface area (Å²) in [5, 5.41) is 16.4. The highest BCUT2D eigenvalue weighted by atomic mass is 35.5. The number of halogens is 2. The summed E-state index contributed by atoms with van der Waals surface area (Å²) in [6, 6.07) is 11.2. The Kier molecular flexibility index (Phi) is 9.60. The highest BCUT2D eigenvalue weighted by molar-refractivity contribution is 6.42. The summed E-state index contributed by atoms with van der Waals surface area (Å²) in [5.74, 6) is 2.08. The second-order valence-electron chi connectivity index (χ2n) is 9.69. The molecule has 0 saturated carbocycles. The molecule has 1 N–H and O–H groups in total. The number of aryl methyl sites for hydroxylation is 2. The lowest BCUT2D eigenvalue weighted by molar-refractivity contribution is -0.0168. The van der Waals surface area contributed by atoms with Crippen molar-refractivity contribution in [3.63, 3.8) is 0 Å². The van der Waals surface area contributed by atoms with Gasteiger partial charge in [0.15, 0.2) is 11.5 Å². The van der Waals surface area contributed by atoms with Gasteiger partial charge in [0.1, 0.15) is 12.4 Å². The molecular weight excluding hydrogens is 513 g/mol. The number of aliphatic hydroxyl groups is 1. The first-order valence-corrected chi connectivity index (χ1v) is 13.4. The van der Waals surface area contributed by atoms with Gasteiger partial charge in [-0.25, -0.2) is 0 Å². The van der Waals surface area contributed by atoms with Gasteiger partial charge in [0.2, 0.25) is 0 Å². The minimum Gasteiger partial charge on any atom is -0.493 e. The van der Waals surface area contributed by atoms with Crippen LogP contribution in [0.25, 0.3) is 0 Å². The maximum atomic E-state index is 11.2. The van der Waals surface area contributed by atoms with Gasteiger partial charge in [0.05, 0.1) is 35.6 Å². The smallest absolute Gasteiger partial charge is 0.161 e. The van der Waals surface area contributed by atoms with Gasteiger partial charge in [-0.3, -0.25) is 9.58 Å². The third-order valence-corrected chi connectivity index (χ3v) is 7.33. The van der Waals surface area contributed by atoms with Crippen LogP contribution in [0.15, 0.2) is 48.8 Å². The molecule has 200 valence electrons. The lowest BCUT2D eigenvalue weighted by atomic mass is 9.96. The number of rotatable bonds is 11. The van der Waals surface area contributed by atoms with Gasteiger partial charge in [-0.15, -0.1) is 0 Å². The summed E-state index contributed by atoms with van der Waals surface area (Å²) in [6.45, 7) is 6.11. The van der Waals surface area contributed by atoms with Crippen LogP contribution in [0.5, 0.6) is 17.2 Å². The van der Waals surface area contributed by atoms with Crippen LogP contribution in [0.2, 0.25) is 10.0 Å². The zero-order chi connectivity index (χ0) is 26.3. The van der Waals surface area contributed by atoms with Crippen molar-refractivity contribution in [2.75, 3.05) is 33.4 Å². The van der Waals surface area contributed by atoms with Gasteiger partial charge in [0.25, 0.3) is 0 Å². The Hall–Kier alpha value is -2.45. The molecule has 7 nitrogen and oxygen atoms in total. The molecule has 4 rings (SSSR count). The molecule has 0 spiro atoms. The molecule has 1 atom stereocenters. The van der Waals surface area contributed by atoms with E-state index in [9.17, 15) is 5.11 Å². The summed E-state index contributed by atoms with van der Waals surface area (Å²) in [7, 11) is 1.67. The molecule has 3 aromatic rings. The third kappa shape index (κ3) is 8.01. The van der Waals surface area contributed by atoms with Crippen LogP contribution in [-0.2, 0) is 13.1 Å². The predicted molar refractivity (Wildman–Crippen MR) is 146 cm³/mol. The molecule has 0 radical (unpaired) electrons. The normalized spacial score (nSPS) is 18.4. The van der Waals surface area contributed by atoms with Gasteiger partial charge in [-0.05, 0) is 68.1 Å². The maximum Gasteiger partial charge on any atom is 0.161 e. The van der Waals surface area contributed by atoms with E-state index in [-0.39, 0.29) is 6.61 Å². The van der Waals surface area contributed by atoms with E-state index in [4.69, 9.17) is 37.4 Å². The molecule has 0 amide bonds. The minimum absolute atomic E-state index is 0.221. The van der Waals surface area contributed by atoms with Crippen LogP contribution >= 0.6 is 23.2 Å². The fourth-order valence-electron chi connectivity index (χ4n) is 4.51. The molecule has 2 heterocycles. The molecule has 1 aromatic heterocycles. The number of methoxy groups -OCH3 is 1. The van der Waals surface area contributed by atoms with E-state index < -0.39 is 5.60 Å². The summed E-state index contributed by atoms with van der Waals surface area (Å²) in [4.78, 5) is 2.36. The van der Waals surface area contributed by atoms with Crippen LogP contribution < -0.4 is 14.2 Å². The number of hydrogen-bond acceptors (Lipinski definition) is 6. The Bertz CT molecular complexity index is 1170. The van der Waals surface area contributed by atoms with Gasteiger partial charge in [0, 0.05) is 38.3 Å². The summed E-state index contributed by atoms with van der Waals surface area (Å²) >= 11 is 12.1. The van der Waals surface area contributed by atoms with E-state index in [0.717, 1.165) is 61.6 Å². The van der Waals surface area contributed by atoms with E-state index >= 15 is 0 Å².